The van der Waals surface area contributed by atoms with E-state index in [1.54, 1.807) is 6.92 Å². The molecule has 0 aliphatic carbocycles. The molecule has 1 amide bonds. The van der Waals surface area contributed by atoms with Crippen LogP contribution in [0.25, 0.3) is 0 Å². The number of aromatic nitrogens is 4. The minimum Gasteiger partial charge on any atom is -0.382 e. The van der Waals surface area contributed by atoms with E-state index in [2.05, 4.69) is 25.4 Å². The molecular weight excluding hydrogens is 272 g/mol. The van der Waals surface area contributed by atoms with Crippen molar-refractivity contribution in [2.45, 2.75) is 39.2 Å². The molecule has 3 N–H and O–H groups in total. The van der Waals surface area contributed by atoms with E-state index in [1.807, 2.05) is 20.8 Å². The van der Waals surface area contributed by atoms with Crippen LogP contribution >= 0.6 is 0 Å². The fourth-order valence-corrected chi connectivity index (χ4v) is 1.57. The number of nitrogens with two attached hydrogens (primary N) is 1. The second-order valence-electron chi connectivity index (χ2n) is 5.69. The van der Waals surface area contributed by atoms with E-state index >= 15 is 0 Å². The minimum absolute atomic E-state index is 0.0694. The van der Waals surface area contributed by atoms with Crippen molar-refractivity contribution in [1.82, 2.24) is 25.4 Å². The molecule has 0 aromatic carbocycles. The lowest BCUT2D eigenvalue weighted by Gasteiger charge is -2.12. The van der Waals surface area contributed by atoms with Crippen LogP contribution in [0, 0.1) is 0 Å². The smallest absolute Gasteiger partial charge is 0.274 e. The number of nitrogens with one attached hydrogen (secondary N) is 1. The summed E-state index contributed by atoms with van der Waals surface area (Å²) >= 11 is 0. The van der Waals surface area contributed by atoms with Crippen LogP contribution in [0.5, 0.6) is 0 Å². The van der Waals surface area contributed by atoms with E-state index in [0.29, 0.717) is 11.7 Å². The summed E-state index contributed by atoms with van der Waals surface area (Å²) in [6, 6.07) is -0.456. The number of amides is 1. The first kappa shape index (κ1) is 14.9. The lowest BCUT2D eigenvalue weighted by molar-refractivity contribution is 0.0928. The Labute approximate surface area is 122 Å². The Bertz CT molecular complexity index is 646. The number of rotatable bonds is 3. The van der Waals surface area contributed by atoms with Crippen LogP contribution in [0.15, 0.2) is 16.9 Å². The lowest BCUT2D eigenvalue weighted by Crippen LogP contribution is -2.28. The van der Waals surface area contributed by atoms with Gasteiger partial charge in [-0.15, -0.1) is 0 Å². The quantitative estimate of drug-likeness (QED) is 0.872. The molecule has 0 radical (unpaired) electrons. The summed E-state index contributed by atoms with van der Waals surface area (Å²) < 4.78 is 5.18. The molecule has 8 nitrogen and oxygen atoms in total. The van der Waals surface area contributed by atoms with Crippen molar-refractivity contribution >= 4 is 11.7 Å². The fraction of sp³-hybridized carbons (Fsp3) is 0.462. The highest BCUT2D eigenvalue weighted by Gasteiger charge is 2.24. The maximum Gasteiger partial charge on any atom is 0.274 e. The number of hydrogen-bond donors (Lipinski definition) is 2. The van der Waals surface area contributed by atoms with E-state index in [4.69, 9.17) is 10.3 Å². The monoisotopic (exact) mass is 290 g/mol. The highest BCUT2D eigenvalue weighted by atomic mass is 16.5. The molecule has 2 heterocycles. The second kappa shape index (κ2) is 5.47. The molecule has 8 heteroatoms. The van der Waals surface area contributed by atoms with Gasteiger partial charge in [-0.2, -0.15) is 4.98 Å². The standard InChI is InChI=1S/C13H18N6O2/c1-7(11-18-12(19-21-11)13(2,3)4)17-10(20)8-9(14)16-6-5-15-8/h5-7H,1-4H3,(H2,14,16)(H,17,20). The van der Waals surface area contributed by atoms with Crippen LogP contribution in [-0.2, 0) is 5.41 Å². The van der Waals surface area contributed by atoms with Gasteiger partial charge in [0.25, 0.3) is 5.91 Å². The van der Waals surface area contributed by atoms with Gasteiger partial charge in [-0.1, -0.05) is 25.9 Å². The predicted octanol–water partition coefficient (Wildman–Crippen LogP) is 1.23. The van der Waals surface area contributed by atoms with E-state index < -0.39 is 11.9 Å². The van der Waals surface area contributed by atoms with Crippen LogP contribution in [0.4, 0.5) is 5.82 Å². The Kier molecular flexibility index (Phi) is 3.88. The highest BCUT2D eigenvalue weighted by molar-refractivity contribution is 5.96. The Hall–Kier alpha value is -2.51. The molecule has 2 rings (SSSR count). The van der Waals surface area contributed by atoms with Crippen LogP contribution < -0.4 is 11.1 Å². The third kappa shape index (κ3) is 3.33. The molecule has 2 aromatic heterocycles. The van der Waals surface area contributed by atoms with E-state index in [-0.39, 0.29) is 16.9 Å². The summed E-state index contributed by atoms with van der Waals surface area (Å²) in [7, 11) is 0. The van der Waals surface area contributed by atoms with Gasteiger partial charge in [-0.25, -0.2) is 9.97 Å². The first-order chi connectivity index (χ1) is 9.79. The predicted molar refractivity (Wildman–Crippen MR) is 75.3 cm³/mol. The van der Waals surface area contributed by atoms with Crippen LogP contribution in [-0.4, -0.2) is 26.0 Å². The molecule has 0 spiro atoms. The molecule has 112 valence electrons. The van der Waals surface area contributed by atoms with Gasteiger partial charge in [0, 0.05) is 17.8 Å². The molecule has 2 aromatic rings. The third-order valence-corrected chi connectivity index (χ3v) is 2.77. The van der Waals surface area contributed by atoms with Crippen molar-refractivity contribution in [1.29, 1.82) is 0 Å². The van der Waals surface area contributed by atoms with Crippen molar-refractivity contribution in [3.8, 4) is 0 Å². The average Bonchev–Trinajstić information content (AvgIpc) is 2.88. The first-order valence-corrected chi connectivity index (χ1v) is 6.50. The topological polar surface area (TPSA) is 120 Å². The second-order valence-corrected chi connectivity index (χ2v) is 5.69. The average molecular weight is 290 g/mol. The lowest BCUT2D eigenvalue weighted by atomic mass is 9.96. The number of carbonyl (C=O) groups is 1. The third-order valence-electron chi connectivity index (χ3n) is 2.77. The van der Waals surface area contributed by atoms with E-state index in [0.717, 1.165) is 0 Å². The molecule has 21 heavy (non-hydrogen) atoms. The van der Waals surface area contributed by atoms with Crippen LogP contribution in [0.2, 0.25) is 0 Å². The molecule has 0 bridgehead atoms. The number of hydrogen-bond acceptors (Lipinski definition) is 7. The number of nitrogens with zero attached hydrogens (tertiary/aromatic N) is 4. The van der Waals surface area contributed by atoms with Gasteiger partial charge in [0.05, 0.1) is 0 Å². The summed E-state index contributed by atoms with van der Waals surface area (Å²) in [6.07, 6.45) is 2.82. The molecule has 0 aliphatic heterocycles. The maximum atomic E-state index is 12.1. The number of nitrogen functional groups attached to an aromatic ring is 1. The van der Waals surface area contributed by atoms with Gasteiger partial charge in [0.2, 0.25) is 5.89 Å². The van der Waals surface area contributed by atoms with Gasteiger partial charge >= 0.3 is 0 Å². The summed E-state index contributed by atoms with van der Waals surface area (Å²) in [4.78, 5) is 24.1. The molecule has 1 unspecified atom stereocenters. The highest BCUT2D eigenvalue weighted by Crippen LogP contribution is 2.20. The van der Waals surface area contributed by atoms with Crippen molar-refractivity contribution in [3.05, 3.63) is 29.8 Å². The summed E-state index contributed by atoms with van der Waals surface area (Å²) in [5.74, 6) is 0.542. The summed E-state index contributed by atoms with van der Waals surface area (Å²) in [5.41, 5.74) is 5.46. The van der Waals surface area contributed by atoms with Crippen molar-refractivity contribution in [2.75, 3.05) is 5.73 Å². The van der Waals surface area contributed by atoms with Gasteiger partial charge in [0.1, 0.15) is 6.04 Å². The van der Waals surface area contributed by atoms with Crippen LogP contribution in [0.3, 0.4) is 0 Å². The zero-order chi connectivity index (χ0) is 15.6. The zero-order valence-electron chi connectivity index (χ0n) is 12.4. The molecular formula is C13H18N6O2. The largest absolute Gasteiger partial charge is 0.382 e. The number of anilines is 1. The molecule has 0 saturated carbocycles. The molecule has 0 fully saturated rings. The van der Waals surface area contributed by atoms with Gasteiger partial charge in [0.15, 0.2) is 17.3 Å². The van der Waals surface area contributed by atoms with Crippen LogP contribution in [0.1, 0.15) is 55.9 Å². The molecule has 1 atom stereocenters. The Balaban J connectivity index is 2.11. The Morgan fingerprint density at radius 1 is 1.33 bits per heavy atom. The molecule has 0 aliphatic rings. The van der Waals surface area contributed by atoms with Crippen molar-refractivity contribution in [2.24, 2.45) is 0 Å². The summed E-state index contributed by atoms with van der Waals surface area (Å²) in [5, 5.41) is 6.62. The maximum absolute atomic E-state index is 12.1. The first-order valence-electron chi connectivity index (χ1n) is 6.50. The van der Waals surface area contributed by atoms with E-state index in [1.165, 1.54) is 12.4 Å². The van der Waals surface area contributed by atoms with Gasteiger partial charge in [-0.05, 0) is 6.92 Å². The Morgan fingerprint density at radius 2 is 2.00 bits per heavy atom. The SMILES string of the molecule is CC(NC(=O)c1nccnc1N)c1nc(C(C)(C)C)no1. The van der Waals surface area contributed by atoms with Gasteiger partial charge in [-0.3, -0.25) is 4.79 Å². The van der Waals surface area contributed by atoms with Crippen molar-refractivity contribution < 1.29 is 9.32 Å². The van der Waals surface area contributed by atoms with E-state index in [9.17, 15) is 4.79 Å². The zero-order valence-corrected chi connectivity index (χ0v) is 12.4. The fourth-order valence-electron chi connectivity index (χ4n) is 1.57. The summed E-state index contributed by atoms with van der Waals surface area (Å²) in [6.45, 7) is 7.67. The minimum atomic E-state index is -0.456. The number of carbonyl (C=O) groups excluding carboxylic acids is 1. The normalized spacial score (nSPS) is 13.0. The molecule has 0 saturated heterocycles. The van der Waals surface area contributed by atoms with Crippen molar-refractivity contribution in [3.63, 3.8) is 0 Å². The Morgan fingerprint density at radius 3 is 2.57 bits per heavy atom. The van der Waals surface area contributed by atoms with Gasteiger partial charge < -0.3 is 15.6 Å².